The zero-order chi connectivity index (χ0) is 19.1. The molecule has 140 valence electrons. The molecule has 4 rings (SSSR count). The molecule has 0 unspecified atom stereocenters. The zero-order valence-corrected chi connectivity index (χ0v) is 16.9. The van der Waals surface area contributed by atoms with Crippen LogP contribution in [0.1, 0.15) is 30.1 Å². The minimum absolute atomic E-state index is 0.0252. The topological polar surface area (TPSA) is 46.3 Å². The maximum absolute atomic E-state index is 12.8. The predicted molar refractivity (Wildman–Crippen MR) is 109 cm³/mol. The molecular weight excluding hydrogens is 407 g/mol. The zero-order valence-electron chi connectivity index (χ0n) is 14.6. The lowest BCUT2D eigenvalue weighted by molar-refractivity contribution is 0.0697. The number of carbonyl (C=O) groups is 1. The van der Waals surface area contributed by atoms with E-state index in [1.807, 2.05) is 4.90 Å². The van der Waals surface area contributed by atoms with Gasteiger partial charge in [0.2, 0.25) is 5.89 Å². The average Bonchev–Trinajstić information content (AvgIpc) is 3.07. The summed E-state index contributed by atoms with van der Waals surface area (Å²) in [6, 6.07) is 8.49. The SMILES string of the molecule is CC1CCN(C(=O)c2ccc3oc(-c4cc(Cl)cc(Cl)c4Cl)nc3c2)CC1. The minimum Gasteiger partial charge on any atom is -0.436 e. The third-order valence-corrected chi connectivity index (χ3v) is 5.95. The third kappa shape index (κ3) is 3.66. The van der Waals surface area contributed by atoms with Gasteiger partial charge >= 0.3 is 0 Å². The summed E-state index contributed by atoms with van der Waals surface area (Å²) in [5.74, 6) is 1.01. The maximum atomic E-state index is 12.8. The van der Waals surface area contributed by atoms with Crippen LogP contribution >= 0.6 is 34.8 Å². The van der Waals surface area contributed by atoms with Crippen molar-refractivity contribution in [1.82, 2.24) is 9.88 Å². The summed E-state index contributed by atoms with van der Waals surface area (Å²) in [6.07, 6.45) is 2.08. The average molecular weight is 424 g/mol. The van der Waals surface area contributed by atoms with Gasteiger partial charge in [-0.05, 0) is 49.1 Å². The Labute approximate surface area is 172 Å². The molecule has 0 radical (unpaired) electrons. The summed E-state index contributed by atoms with van der Waals surface area (Å²) >= 11 is 18.4. The standard InChI is InChI=1S/C20H17Cl3N2O2/c1-11-4-6-25(7-5-11)20(26)12-2-3-17-16(8-12)24-19(27-17)14-9-13(21)10-15(22)18(14)23/h2-3,8-11H,4-7H2,1H3. The van der Waals surface area contributed by atoms with Gasteiger partial charge in [-0.3, -0.25) is 4.79 Å². The molecule has 3 aromatic rings. The maximum Gasteiger partial charge on any atom is 0.253 e. The van der Waals surface area contributed by atoms with E-state index in [0.717, 1.165) is 25.9 Å². The predicted octanol–water partition coefficient (Wildman–Crippen LogP) is 6.33. The number of halogens is 3. The van der Waals surface area contributed by atoms with E-state index < -0.39 is 0 Å². The van der Waals surface area contributed by atoms with Crippen molar-refractivity contribution in [2.24, 2.45) is 5.92 Å². The number of oxazole rings is 1. The summed E-state index contributed by atoms with van der Waals surface area (Å²) in [4.78, 5) is 19.2. The Morgan fingerprint density at radius 3 is 2.63 bits per heavy atom. The molecular formula is C20H17Cl3N2O2. The lowest BCUT2D eigenvalue weighted by Crippen LogP contribution is -2.37. The third-order valence-electron chi connectivity index (χ3n) is 4.93. The van der Waals surface area contributed by atoms with Gasteiger partial charge < -0.3 is 9.32 Å². The molecule has 0 aliphatic carbocycles. The molecule has 7 heteroatoms. The Morgan fingerprint density at radius 2 is 1.89 bits per heavy atom. The van der Waals surface area contributed by atoms with Crippen molar-refractivity contribution < 1.29 is 9.21 Å². The number of hydrogen-bond donors (Lipinski definition) is 0. The Bertz CT molecular complexity index is 1020. The Balaban J connectivity index is 1.67. The van der Waals surface area contributed by atoms with E-state index in [2.05, 4.69) is 11.9 Å². The van der Waals surface area contributed by atoms with Gasteiger partial charge in [-0.25, -0.2) is 4.98 Å². The molecule has 0 atom stereocenters. The van der Waals surface area contributed by atoms with Gasteiger partial charge in [-0.15, -0.1) is 0 Å². The van der Waals surface area contributed by atoms with E-state index in [0.29, 0.717) is 49.1 Å². The lowest BCUT2D eigenvalue weighted by atomic mass is 9.98. The molecule has 1 saturated heterocycles. The highest BCUT2D eigenvalue weighted by Gasteiger charge is 2.22. The van der Waals surface area contributed by atoms with Crippen molar-refractivity contribution in [3.05, 3.63) is 51.0 Å². The molecule has 4 nitrogen and oxygen atoms in total. The molecule has 1 aliphatic heterocycles. The number of rotatable bonds is 2. The number of benzene rings is 2. The largest absolute Gasteiger partial charge is 0.436 e. The Morgan fingerprint density at radius 1 is 1.15 bits per heavy atom. The first kappa shape index (κ1) is 18.6. The van der Waals surface area contributed by atoms with Gasteiger partial charge in [0.05, 0.1) is 15.6 Å². The normalized spacial score (nSPS) is 15.5. The monoisotopic (exact) mass is 422 g/mol. The number of carbonyl (C=O) groups excluding carboxylic acids is 1. The molecule has 2 heterocycles. The number of fused-ring (bicyclic) bond motifs is 1. The second kappa shape index (κ2) is 7.34. The summed E-state index contributed by atoms with van der Waals surface area (Å²) in [6.45, 7) is 3.80. The van der Waals surface area contributed by atoms with E-state index in [4.69, 9.17) is 39.2 Å². The quantitative estimate of drug-likeness (QED) is 0.453. The smallest absolute Gasteiger partial charge is 0.253 e. The fourth-order valence-electron chi connectivity index (χ4n) is 3.28. The van der Waals surface area contributed by atoms with Crippen LogP contribution < -0.4 is 0 Å². The highest BCUT2D eigenvalue weighted by molar-refractivity contribution is 6.44. The lowest BCUT2D eigenvalue weighted by Gasteiger charge is -2.30. The fraction of sp³-hybridized carbons (Fsp3) is 0.300. The number of hydrogen-bond acceptors (Lipinski definition) is 3. The molecule has 2 aromatic carbocycles. The van der Waals surface area contributed by atoms with Crippen molar-refractivity contribution >= 4 is 51.8 Å². The number of nitrogens with zero attached hydrogens (tertiary/aromatic N) is 2. The number of amides is 1. The van der Waals surface area contributed by atoms with Gasteiger partial charge in [0.25, 0.3) is 5.91 Å². The second-order valence-corrected chi connectivity index (χ2v) is 8.15. The molecule has 0 bridgehead atoms. The number of aromatic nitrogens is 1. The fourth-order valence-corrected chi connectivity index (χ4v) is 3.96. The Kier molecular flexibility index (Phi) is 5.06. The first-order valence-electron chi connectivity index (χ1n) is 8.77. The molecule has 1 amide bonds. The van der Waals surface area contributed by atoms with Crippen LogP contribution in [0, 0.1) is 5.92 Å². The molecule has 1 fully saturated rings. The van der Waals surface area contributed by atoms with Crippen molar-refractivity contribution in [3.8, 4) is 11.5 Å². The first-order chi connectivity index (χ1) is 12.9. The van der Waals surface area contributed by atoms with E-state index in [1.54, 1.807) is 30.3 Å². The van der Waals surface area contributed by atoms with Gasteiger partial charge in [-0.2, -0.15) is 0 Å². The number of piperidine rings is 1. The Hall–Kier alpha value is -1.75. The van der Waals surface area contributed by atoms with Crippen LogP contribution in [0.25, 0.3) is 22.6 Å². The summed E-state index contributed by atoms with van der Waals surface area (Å²) in [7, 11) is 0. The van der Waals surface area contributed by atoms with Crippen LogP contribution in [-0.4, -0.2) is 28.9 Å². The molecule has 0 spiro atoms. The van der Waals surface area contributed by atoms with Crippen LogP contribution in [0.5, 0.6) is 0 Å². The summed E-state index contributed by atoms with van der Waals surface area (Å²) in [5, 5.41) is 1.10. The van der Waals surface area contributed by atoms with Crippen molar-refractivity contribution in [2.75, 3.05) is 13.1 Å². The van der Waals surface area contributed by atoms with Gasteiger partial charge in [0.15, 0.2) is 5.58 Å². The van der Waals surface area contributed by atoms with Crippen LogP contribution in [0.2, 0.25) is 15.1 Å². The van der Waals surface area contributed by atoms with E-state index in [9.17, 15) is 4.79 Å². The summed E-state index contributed by atoms with van der Waals surface area (Å²) in [5.41, 5.74) is 2.28. The number of likely N-dealkylation sites (tertiary alicyclic amines) is 1. The van der Waals surface area contributed by atoms with Crippen LogP contribution in [-0.2, 0) is 0 Å². The van der Waals surface area contributed by atoms with Gasteiger partial charge in [-0.1, -0.05) is 41.7 Å². The van der Waals surface area contributed by atoms with Crippen LogP contribution in [0.15, 0.2) is 34.7 Å². The van der Waals surface area contributed by atoms with Crippen molar-refractivity contribution in [2.45, 2.75) is 19.8 Å². The molecule has 0 saturated carbocycles. The molecule has 1 aliphatic rings. The van der Waals surface area contributed by atoms with E-state index in [1.165, 1.54) is 0 Å². The van der Waals surface area contributed by atoms with Crippen molar-refractivity contribution in [3.63, 3.8) is 0 Å². The van der Waals surface area contributed by atoms with Crippen LogP contribution in [0.3, 0.4) is 0 Å². The molecule has 27 heavy (non-hydrogen) atoms. The van der Waals surface area contributed by atoms with E-state index >= 15 is 0 Å². The van der Waals surface area contributed by atoms with Crippen molar-refractivity contribution in [1.29, 1.82) is 0 Å². The first-order valence-corrected chi connectivity index (χ1v) is 9.90. The van der Waals surface area contributed by atoms with Crippen LogP contribution in [0.4, 0.5) is 0 Å². The highest BCUT2D eigenvalue weighted by atomic mass is 35.5. The summed E-state index contributed by atoms with van der Waals surface area (Å²) < 4.78 is 5.80. The van der Waals surface area contributed by atoms with Gasteiger partial charge in [0.1, 0.15) is 5.52 Å². The second-order valence-electron chi connectivity index (χ2n) is 6.93. The minimum atomic E-state index is 0.0252. The molecule has 1 aromatic heterocycles. The van der Waals surface area contributed by atoms with E-state index in [-0.39, 0.29) is 5.91 Å². The highest BCUT2D eigenvalue weighted by Crippen LogP contribution is 2.37. The molecule has 0 N–H and O–H groups in total. The van der Waals surface area contributed by atoms with Gasteiger partial charge in [0, 0.05) is 23.7 Å².